The highest BCUT2D eigenvalue weighted by Gasteiger charge is 2.25. The molecule has 0 amide bonds. The van der Waals surface area contributed by atoms with E-state index >= 15 is 0 Å². The highest BCUT2D eigenvalue weighted by Crippen LogP contribution is 2.43. The standard InChI is InChI=1S/C19H17FN2OS2.C4H4O4/c20-18-16(7-4-8-21-18)17-9-15(12-22-10-13(23)11-22)25-19(17)24-14-5-2-1-3-6-14;5-3(6)1-2-4(7)8/h1-9,13,23H,10-12H2;1-2H,(H,5,6)(H,7,8)/b;2-1+. The van der Waals surface area contributed by atoms with E-state index in [-0.39, 0.29) is 6.10 Å². The normalized spacial score (nSPS) is 13.9. The molecule has 2 aromatic heterocycles. The molecular formula is C23H21FN2O5S2. The van der Waals surface area contributed by atoms with Crippen LogP contribution in [-0.4, -0.2) is 56.3 Å². The summed E-state index contributed by atoms with van der Waals surface area (Å²) in [5.41, 5.74) is 1.42. The maximum absolute atomic E-state index is 14.2. The van der Waals surface area contributed by atoms with Gasteiger partial charge in [-0.15, -0.1) is 11.3 Å². The molecule has 3 N–H and O–H groups in total. The van der Waals surface area contributed by atoms with Gasteiger partial charge < -0.3 is 15.3 Å². The molecule has 0 radical (unpaired) electrons. The van der Waals surface area contributed by atoms with Crippen LogP contribution in [0.15, 0.2) is 76.0 Å². The Morgan fingerprint density at radius 3 is 2.33 bits per heavy atom. The SMILES string of the molecule is O=C(O)/C=C/C(=O)O.OC1CN(Cc2cc(-c3cccnc3F)c(Sc3ccccc3)s2)C1. The highest BCUT2D eigenvalue weighted by atomic mass is 32.2. The first-order valence-corrected chi connectivity index (χ1v) is 11.5. The monoisotopic (exact) mass is 488 g/mol. The lowest BCUT2D eigenvalue weighted by atomic mass is 10.1. The Hall–Kier alpha value is -3.05. The number of likely N-dealkylation sites (tertiary alicyclic amines) is 1. The van der Waals surface area contributed by atoms with Crippen LogP contribution in [0.3, 0.4) is 0 Å². The van der Waals surface area contributed by atoms with E-state index in [1.54, 1.807) is 35.2 Å². The van der Waals surface area contributed by atoms with Gasteiger partial charge in [-0.2, -0.15) is 4.39 Å². The summed E-state index contributed by atoms with van der Waals surface area (Å²) >= 11 is 3.33. The van der Waals surface area contributed by atoms with Crippen molar-refractivity contribution in [2.24, 2.45) is 0 Å². The van der Waals surface area contributed by atoms with Crippen molar-refractivity contribution >= 4 is 35.0 Å². The summed E-state index contributed by atoms with van der Waals surface area (Å²) in [7, 11) is 0. The van der Waals surface area contributed by atoms with E-state index in [1.807, 2.05) is 18.2 Å². The van der Waals surface area contributed by atoms with Gasteiger partial charge in [0.2, 0.25) is 5.95 Å². The predicted molar refractivity (Wildman–Crippen MR) is 124 cm³/mol. The smallest absolute Gasteiger partial charge is 0.328 e. The van der Waals surface area contributed by atoms with Crippen LogP contribution in [0, 0.1) is 5.95 Å². The van der Waals surface area contributed by atoms with Crippen LogP contribution in [-0.2, 0) is 16.1 Å². The first-order chi connectivity index (χ1) is 15.8. The second kappa shape index (κ2) is 11.7. The number of carboxylic acids is 2. The van der Waals surface area contributed by atoms with Gasteiger partial charge >= 0.3 is 11.9 Å². The summed E-state index contributed by atoms with van der Waals surface area (Å²) in [5, 5.41) is 25.1. The van der Waals surface area contributed by atoms with Crippen molar-refractivity contribution in [2.45, 2.75) is 21.8 Å². The second-order valence-corrected chi connectivity index (χ2v) is 9.51. The molecule has 1 aliphatic rings. The third kappa shape index (κ3) is 7.50. The number of aliphatic hydroxyl groups excluding tert-OH is 1. The lowest BCUT2D eigenvalue weighted by Gasteiger charge is -2.35. The molecule has 0 spiro atoms. The number of hydrogen-bond donors (Lipinski definition) is 3. The number of benzene rings is 1. The number of rotatable bonds is 7. The molecule has 33 heavy (non-hydrogen) atoms. The first-order valence-electron chi connectivity index (χ1n) is 9.82. The zero-order valence-electron chi connectivity index (χ0n) is 17.3. The molecule has 172 valence electrons. The van der Waals surface area contributed by atoms with Crippen LogP contribution >= 0.6 is 23.1 Å². The summed E-state index contributed by atoms with van der Waals surface area (Å²) in [6.45, 7) is 2.19. The fourth-order valence-electron chi connectivity index (χ4n) is 2.98. The quantitative estimate of drug-likeness (QED) is 0.338. The van der Waals surface area contributed by atoms with Gasteiger partial charge in [-0.25, -0.2) is 14.6 Å². The Labute approximate surface area is 197 Å². The first kappa shape index (κ1) is 24.6. The van der Waals surface area contributed by atoms with Crippen molar-refractivity contribution in [3.8, 4) is 11.1 Å². The van der Waals surface area contributed by atoms with Crippen LogP contribution in [0.1, 0.15) is 4.88 Å². The second-order valence-electron chi connectivity index (χ2n) is 7.03. The molecule has 0 bridgehead atoms. The number of carbonyl (C=O) groups is 2. The minimum Gasteiger partial charge on any atom is -0.478 e. The molecule has 10 heteroatoms. The number of aliphatic hydroxyl groups is 1. The predicted octanol–water partition coefficient (Wildman–Crippen LogP) is 3.99. The molecular weight excluding hydrogens is 467 g/mol. The number of nitrogens with zero attached hydrogens (tertiary/aromatic N) is 2. The van der Waals surface area contributed by atoms with Crippen LogP contribution in [0.5, 0.6) is 0 Å². The van der Waals surface area contributed by atoms with Crippen LogP contribution in [0.4, 0.5) is 4.39 Å². The number of pyridine rings is 1. The minimum atomic E-state index is -1.26. The Bertz CT molecular complexity index is 1110. The van der Waals surface area contributed by atoms with Crippen LogP contribution in [0.2, 0.25) is 0 Å². The molecule has 0 unspecified atom stereocenters. The number of β-amino-alcohol motifs (C(OH)–C–C–N with tert-alkyl or cyclic N) is 1. The Morgan fingerprint density at radius 1 is 1.09 bits per heavy atom. The molecule has 3 heterocycles. The van der Waals surface area contributed by atoms with Gasteiger partial charge in [-0.1, -0.05) is 30.0 Å². The summed E-state index contributed by atoms with van der Waals surface area (Å²) in [5.74, 6) is -2.96. The van der Waals surface area contributed by atoms with Gasteiger partial charge in [0, 0.05) is 58.9 Å². The van der Waals surface area contributed by atoms with Crippen molar-refractivity contribution in [3.05, 3.63) is 77.7 Å². The molecule has 0 atom stereocenters. The number of aromatic nitrogens is 1. The summed E-state index contributed by atoms with van der Waals surface area (Å²) in [6.07, 6.45) is 2.37. The Kier molecular flexibility index (Phi) is 8.72. The van der Waals surface area contributed by atoms with Crippen molar-refractivity contribution in [3.63, 3.8) is 0 Å². The zero-order valence-corrected chi connectivity index (χ0v) is 18.9. The van der Waals surface area contributed by atoms with Gasteiger partial charge in [-0.3, -0.25) is 4.90 Å². The maximum atomic E-state index is 14.2. The van der Waals surface area contributed by atoms with Gasteiger partial charge in [0.1, 0.15) is 0 Å². The molecule has 0 aliphatic carbocycles. The molecule has 1 fully saturated rings. The summed E-state index contributed by atoms with van der Waals surface area (Å²) < 4.78 is 15.3. The number of aliphatic carboxylic acids is 2. The van der Waals surface area contributed by atoms with Crippen LogP contribution < -0.4 is 0 Å². The molecule has 1 aromatic carbocycles. The molecule has 4 rings (SSSR count). The molecule has 1 saturated heterocycles. The van der Waals surface area contributed by atoms with Crippen LogP contribution in [0.25, 0.3) is 11.1 Å². The fraction of sp³-hybridized carbons (Fsp3) is 0.174. The topological polar surface area (TPSA) is 111 Å². The molecule has 7 nitrogen and oxygen atoms in total. The van der Waals surface area contributed by atoms with Gasteiger partial charge in [0.05, 0.1) is 10.3 Å². The van der Waals surface area contributed by atoms with E-state index in [2.05, 4.69) is 28.1 Å². The van der Waals surface area contributed by atoms with Gasteiger partial charge in [-0.05, 0) is 30.3 Å². The largest absolute Gasteiger partial charge is 0.478 e. The van der Waals surface area contributed by atoms with Crippen molar-refractivity contribution < 1.29 is 29.3 Å². The lowest BCUT2D eigenvalue weighted by molar-refractivity contribution is -0.134. The van der Waals surface area contributed by atoms with E-state index in [0.29, 0.717) is 30.8 Å². The molecule has 0 saturated carbocycles. The average molecular weight is 489 g/mol. The average Bonchev–Trinajstić information content (AvgIpc) is 3.14. The van der Waals surface area contributed by atoms with E-state index < -0.39 is 17.9 Å². The summed E-state index contributed by atoms with van der Waals surface area (Å²) in [6, 6.07) is 15.7. The third-order valence-corrected chi connectivity index (χ3v) is 6.77. The Morgan fingerprint density at radius 2 is 1.76 bits per heavy atom. The van der Waals surface area contributed by atoms with E-state index in [1.165, 1.54) is 11.1 Å². The van der Waals surface area contributed by atoms with Gasteiger partial charge in [0.25, 0.3) is 0 Å². The van der Waals surface area contributed by atoms with Gasteiger partial charge in [0.15, 0.2) is 0 Å². The number of thiophene rings is 1. The van der Waals surface area contributed by atoms with E-state index in [9.17, 15) is 19.1 Å². The van der Waals surface area contributed by atoms with Crippen molar-refractivity contribution in [1.29, 1.82) is 0 Å². The molecule has 3 aromatic rings. The van der Waals surface area contributed by atoms with Crippen molar-refractivity contribution in [2.75, 3.05) is 13.1 Å². The number of halogens is 1. The summed E-state index contributed by atoms with van der Waals surface area (Å²) in [4.78, 5) is 27.4. The Balaban J connectivity index is 0.000000331. The fourth-order valence-corrected chi connectivity index (χ4v) is 5.49. The highest BCUT2D eigenvalue weighted by molar-refractivity contribution is 8.01. The number of hydrogen-bond acceptors (Lipinski definition) is 7. The van der Waals surface area contributed by atoms with E-state index in [4.69, 9.17) is 10.2 Å². The number of carboxylic acid groups (broad SMARTS) is 2. The third-order valence-electron chi connectivity index (χ3n) is 4.44. The maximum Gasteiger partial charge on any atom is 0.328 e. The van der Waals surface area contributed by atoms with Crippen molar-refractivity contribution in [1.82, 2.24) is 9.88 Å². The minimum absolute atomic E-state index is 0.214. The van der Waals surface area contributed by atoms with E-state index in [0.717, 1.165) is 21.2 Å². The zero-order chi connectivity index (χ0) is 23.8. The molecule has 1 aliphatic heterocycles. The lowest BCUT2D eigenvalue weighted by Crippen LogP contribution is -2.49.